The molecule has 0 saturated carbocycles. The SMILES string of the molecule is Cc1ccc(NCc2ccc([18F])cc2)cc1N. The standard InChI is InChI=1S/C14H15FN2/c1-10-2-7-13(8-14(10)16)17-9-11-3-5-12(15)6-4-11/h2-8,17H,9,16H2,1H3/i15-1. The maximum Gasteiger partial charge on any atom is 0.123 e. The maximum absolute atomic E-state index is 12.7. The zero-order valence-corrected chi connectivity index (χ0v) is 9.70. The Labute approximate surface area is 100 Å². The Morgan fingerprint density at radius 2 is 1.82 bits per heavy atom. The van der Waals surface area contributed by atoms with Crippen LogP contribution in [-0.2, 0) is 6.54 Å². The van der Waals surface area contributed by atoms with Gasteiger partial charge in [0.15, 0.2) is 0 Å². The second-order valence-corrected chi connectivity index (χ2v) is 4.05. The Morgan fingerprint density at radius 1 is 1.12 bits per heavy atom. The highest BCUT2D eigenvalue weighted by atomic mass is 18.2. The zero-order valence-electron chi connectivity index (χ0n) is 9.70. The Bertz CT molecular complexity index is 506. The van der Waals surface area contributed by atoms with Crippen LogP contribution in [0.25, 0.3) is 0 Å². The quantitative estimate of drug-likeness (QED) is 0.792. The van der Waals surface area contributed by atoms with Gasteiger partial charge in [-0.1, -0.05) is 18.2 Å². The van der Waals surface area contributed by atoms with Crippen LogP contribution in [0.2, 0.25) is 0 Å². The molecule has 0 amide bonds. The van der Waals surface area contributed by atoms with Crippen LogP contribution >= 0.6 is 0 Å². The summed E-state index contributed by atoms with van der Waals surface area (Å²) in [5.41, 5.74) is 9.66. The lowest BCUT2D eigenvalue weighted by molar-refractivity contribution is 0.627. The van der Waals surface area contributed by atoms with Crippen molar-refractivity contribution in [1.82, 2.24) is 0 Å². The van der Waals surface area contributed by atoms with Crippen molar-refractivity contribution in [3.63, 3.8) is 0 Å². The molecule has 3 heteroatoms. The highest BCUT2D eigenvalue weighted by molar-refractivity contribution is 5.58. The number of nitrogen functional groups attached to an aromatic ring is 1. The third kappa shape index (κ3) is 2.97. The molecule has 0 radical (unpaired) electrons. The molecule has 0 aliphatic heterocycles. The number of aryl methyl sites for hydroxylation is 1. The first kappa shape index (κ1) is 11.5. The van der Waals surface area contributed by atoms with E-state index in [1.165, 1.54) is 12.1 Å². The molecular formula is C14H15FN2. The van der Waals surface area contributed by atoms with Gasteiger partial charge in [0.25, 0.3) is 0 Å². The minimum atomic E-state index is -0.215. The first-order valence-corrected chi connectivity index (χ1v) is 5.49. The van der Waals surface area contributed by atoms with Gasteiger partial charge in [0.2, 0.25) is 0 Å². The molecule has 0 aromatic heterocycles. The van der Waals surface area contributed by atoms with E-state index in [0.29, 0.717) is 6.54 Å². The second kappa shape index (κ2) is 4.87. The summed E-state index contributed by atoms with van der Waals surface area (Å²) >= 11 is 0. The summed E-state index contributed by atoms with van der Waals surface area (Å²) in [5, 5.41) is 3.25. The van der Waals surface area contributed by atoms with E-state index in [1.54, 1.807) is 12.1 Å². The first-order valence-electron chi connectivity index (χ1n) is 5.49. The van der Waals surface area contributed by atoms with E-state index in [-0.39, 0.29) is 5.82 Å². The van der Waals surface area contributed by atoms with Crippen LogP contribution in [0, 0.1) is 12.7 Å². The van der Waals surface area contributed by atoms with Crippen LogP contribution in [-0.4, -0.2) is 0 Å². The first-order chi connectivity index (χ1) is 8.15. The van der Waals surface area contributed by atoms with Crippen LogP contribution in [0.3, 0.4) is 0 Å². The minimum Gasteiger partial charge on any atom is -0.398 e. The molecule has 0 bridgehead atoms. The van der Waals surface area contributed by atoms with Gasteiger partial charge in [-0.2, -0.15) is 0 Å². The summed E-state index contributed by atoms with van der Waals surface area (Å²) in [7, 11) is 0. The molecular weight excluding hydrogens is 214 g/mol. The molecule has 2 aromatic carbocycles. The van der Waals surface area contributed by atoms with Gasteiger partial charge in [-0.25, -0.2) is 4.39 Å². The lowest BCUT2D eigenvalue weighted by Gasteiger charge is -2.08. The normalized spacial score (nSPS) is 10.2. The van der Waals surface area contributed by atoms with Gasteiger partial charge < -0.3 is 11.1 Å². The van der Waals surface area contributed by atoms with E-state index in [1.807, 2.05) is 25.1 Å². The monoisotopic (exact) mass is 229 g/mol. The molecule has 0 aliphatic rings. The number of rotatable bonds is 3. The number of hydrogen-bond acceptors (Lipinski definition) is 2. The van der Waals surface area contributed by atoms with Gasteiger partial charge in [0, 0.05) is 17.9 Å². The lowest BCUT2D eigenvalue weighted by atomic mass is 10.1. The molecule has 2 aromatic rings. The topological polar surface area (TPSA) is 38.0 Å². The summed E-state index contributed by atoms with van der Waals surface area (Å²) in [6.07, 6.45) is 0. The third-order valence-corrected chi connectivity index (χ3v) is 2.69. The van der Waals surface area contributed by atoms with Crippen molar-refractivity contribution in [3.8, 4) is 0 Å². The van der Waals surface area contributed by atoms with E-state index in [2.05, 4.69) is 5.32 Å². The highest BCUT2D eigenvalue weighted by Gasteiger charge is 1.97. The molecule has 0 heterocycles. The van der Waals surface area contributed by atoms with Gasteiger partial charge in [-0.05, 0) is 42.3 Å². The smallest absolute Gasteiger partial charge is 0.123 e. The number of halogens is 1. The van der Waals surface area contributed by atoms with Crippen molar-refractivity contribution in [2.45, 2.75) is 13.5 Å². The van der Waals surface area contributed by atoms with Gasteiger partial charge in [0.1, 0.15) is 5.82 Å². The minimum absolute atomic E-state index is 0.215. The van der Waals surface area contributed by atoms with Crippen molar-refractivity contribution >= 4 is 11.4 Å². The Morgan fingerprint density at radius 3 is 2.47 bits per heavy atom. The molecule has 0 spiro atoms. The number of hydrogen-bond donors (Lipinski definition) is 2. The average Bonchev–Trinajstić information content (AvgIpc) is 2.33. The van der Waals surface area contributed by atoms with Crippen molar-refractivity contribution in [1.29, 1.82) is 0 Å². The van der Waals surface area contributed by atoms with Crippen LogP contribution in [0.5, 0.6) is 0 Å². The molecule has 2 rings (SSSR count). The largest absolute Gasteiger partial charge is 0.398 e. The fourth-order valence-electron chi connectivity index (χ4n) is 1.56. The van der Waals surface area contributed by atoms with Crippen LogP contribution in [0.4, 0.5) is 15.8 Å². The van der Waals surface area contributed by atoms with E-state index in [9.17, 15) is 4.39 Å². The van der Waals surface area contributed by atoms with Crippen molar-refractivity contribution < 1.29 is 4.39 Å². The molecule has 0 aliphatic carbocycles. The van der Waals surface area contributed by atoms with Gasteiger partial charge in [-0.15, -0.1) is 0 Å². The fraction of sp³-hybridized carbons (Fsp3) is 0.143. The van der Waals surface area contributed by atoms with E-state index in [4.69, 9.17) is 5.73 Å². The molecule has 3 N–H and O–H groups in total. The predicted molar refractivity (Wildman–Crippen MR) is 69.3 cm³/mol. The summed E-state index contributed by atoms with van der Waals surface area (Å²) in [6, 6.07) is 12.3. The Kier molecular flexibility index (Phi) is 3.28. The summed E-state index contributed by atoms with van der Waals surface area (Å²) in [4.78, 5) is 0. The summed E-state index contributed by atoms with van der Waals surface area (Å²) < 4.78 is 12.7. The van der Waals surface area contributed by atoms with Gasteiger partial charge in [-0.3, -0.25) is 0 Å². The molecule has 0 unspecified atom stereocenters. The maximum atomic E-state index is 12.7. The molecule has 88 valence electrons. The zero-order chi connectivity index (χ0) is 12.3. The van der Waals surface area contributed by atoms with E-state index in [0.717, 1.165) is 22.5 Å². The fourth-order valence-corrected chi connectivity index (χ4v) is 1.56. The molecule has 17 heavy (non-hydrogen) atoms. The van der Waals surface area contributed by atoms with Gasteiger partial charge in [0.05, 0.1) is 0 Å². The third-order valence-electron chi connectivity index (χ3n) is 2.69. The number of nitrogens with two attached hydrogens (primary N) is 1. The van der Waals surface area contributed by atoms with Crippen molar-refractivity contribution in [2.75, 3.05) is 11.1 Å². The van der Waals surface area contributed by atoms with E-state index >= 15 is 0 Å². The molecule has 2 nitrogen and oxygen atoms in total. The van der Waals surface area contributed by atoms with E-state index < -0.39 is 0 Å². The van der Waals surface area contributed by atoms with Crippen molar-refractivity contribution in [2.24, 2.45) is 0 Å². The predicted octanol–water partition coefficient (Wildman–Crippen LogP) is 3.33. The van der Waals surface area contributed by atoms with Crippen LogP contribution in [0.1, 0.15) is 11.1 Å². The average molecular weight is 229 g/mol. The lowest BCUT2D eigenvalue weighted by Crippen LogP contribution is -2.00. The van der Waals surface area contributed by atoms with Crippen LogP contribution < -0.4 is 11.1 Å². The number of anilines is 2. The summed E-state index contributed by atoms with van der Waals surface area (Å²) in [5.74, 6) is -0.215. The molecule has 0 fully saturated rings. The van der Waals surface area contributed by atoms with Gasteiger partial charge >= 0.3 is 0 Å². The second-order valence-electron chi connectivity index (χ2n) is 4.05. The Hall–Kier alpha value is -2.03. The van der Waals surface area contributed by atoms with Crippen molar-refractivity contribution in [3.05, 3.63) is 59.4 Å². The molecule has 0 atom stereocenters. The summed E-state index contributed by atoms with van der Waals surface area (Å²) in [6.45, 7) is 2.63. The van der Waals surface area contributed by atoms with Crippen LogP contribution in [0.15, 0.2) is 42.5 Å². The number of nitrogens with one attached hydrogen (secondary N) is 1. The number of benzene rings is 2. The molecule has 0 saturated heterocycles. The Balaban J connectivity index is 2.02. The highest BCUT2D eigenvalue weighted by Crippen LogP contribution is 2.17.